The van der Waals surface area contributed by atoms with Gasteiger partial charge < -0.3 is 15.4 Å². The Morgan fingerprint density at radius 3 is 2.65 bits per heavy atom. The van der Waals surface area contributed by atoms with Crippen molar-refractivity contribution in [3.8, 4) is 0 Å². The fraction of sp³-hybridized carbons (Fsp3) is 1.00. The standard InChI is InChI=1S/C14H30N2O/c1-12(2)13-5-4-8-16(9-6-13)10-7-14(11-15)17-3/h12-14H,4-11,15H2,1-3H3. The Morgan fingerprint density at radius 2 is 2.06 bits per heavy atom. The molecule has 0 aromatic rings. The van der Waals surface area contributed by atoms with Crippen LogP contribution in [0.2, 0.25) is 0 Å². The van der Waals surface area contributed by atoms with Gasteiger partial charge in [-0.15, -0.1) is 0 Å². The predicted octanol–water partition coefficient (Wildman–Crippen LogP) is 2.11. The third kappa shape index (κ3) is 5.36. The maximum Gasteiger partial charge on any atom is 0.0705 e. The van der Waals surface area contributed by atoms with E-state index in [1.165, 1.54) is 32.4 Å². The van der Waals surface area contributed by atoms with Gasteiger partial charge in [0.1, 0.15) is 0 Å². The highest BCUT2D eigenvalue weighted by Crippen LogP contribution is 2.24. The number of hydrogen-bond donors (Lipinski definition) is 1. The van der Waals surface area contributed by atoms with Crippen molar-refractivity contribution in [2.24, 2.45) is 17.6 Å². The molecule has 1 aliphatic rings. The molecule has 3 nitrogen and oxygen atoms in total. The third-order valence-electron chi connectivity index (χ3n) is 4.17. The SMILES string of the molecule is COC(CN)CCN1CCCC(C(C)C)CC1. The fourth-order valence-corrected chi connectivity index (χ4v) is 2.73. The Labute approximate surface area is 107 Å². The van der Waals surface area contributed by atoms with E-state index in [-0.39, 0.29) is 6.10 Å². The topological polar surface area (TPSA) is 38.5 Å². The summed E-state index contributed by atoms with van der Waals surface area (Å²) in [4.78, 5) is 2.59. The molecule has 1 fully saturated rings. The van der Waals surface area contributed by atoms with Gasteiger partial charge in [-0.05, 0) is 50.6 Å². The molecule has 17 heavy (non-hydrogen) atoms. The van der Waals surface area contributed by atoms with Gasteiger partial charge in [-0.2, -0.15) is 0 Å². The molecular weight excluding hydrogens is 212 g/mol. The van der Waals surface area contributed by atoms with Crippen molar-refractivity contribution in [3.63, 3.8) is 0 Å². The minimum Gasteiger partial charge on any atom is -0.380 e. The summed E-state index contributed by atoms with van der Waals surface area (Å²) in [6.07, 6.45) is 5.42. The Kier molecular flexibility index (Phi) is 7.09. The first-order valence-electron chi connectivity index (χ1n) is 7.12. The second-order valence-electron chi connectivity index (χ2n) is 5.66. The summed E-state index contributed by atoms with van der Waals surface area (Å²) < 4.78 is 5.33. The van der Waals surface area contributed by atoms with Crippen LogP contribution in [0.25, 0.3) is 0 Å². The lowest BCUT2D eigenvalue weighted by Crippen LogP contribution is -2.32. The first kappa shape index (κ1) is 14.9. The predicted molar refractivity (Wildman–Crippen MR) is 73.1 cm³/mol. The van der Waals surface area contributed by atoms with Gasteiger partial charge in [0.25, 0.3) is 0 Å². The van der Waals surface area contributed by atoms with Crippen molar-refractivity contribution >= 4 is 0 Å². The summed E-state index contributed by atoms with van der Waals surface area (Å²) >= 11 is 0. The maximum atomic E-state index is 5.65. The first-order chi connectivity index (χ1) is 8.17. The molecule has 1 rings (SSSR count). The molecule has 0 amide bonds. The Balaban J connectivity index is 2.26. The van der Waals surface area contributed by atoms with Crippen LogP contribution in [-0.4, -0.2) is 44.3 Å². The molecule has 3 heteroatoms. The van der Waals surface area contributed by atoms with Gasteiger partial charge in [-0.1, -0.05) is 13.8 Å². The fourth-order valence-electron chi connectivity index (χ4n) is 2.73. The molecule has 0 spiro atoms. The van der Waals surface area contributed by atoms with E-state index in [1.54, 1.807) is 7.11 Å². The molecule has 102 valence electrons. The summed E-state index contributed by atoms with van der Waals surface area (Å²) in [7, 11) is 1.76. The van der Waals surface area contributed by atoms with Crippen LogP contribution in [0.1, 0.15) is 39.5 Å². The van der Waals surface area contributed by atoms with Gasteiger partial charge in [0.15, 0.2) is 0 Å². The number of nitrogens with two attached hydrogens (primary N) is 1. The minimum absolute atomic E-state index is 0.235. The van der Waals surface area contributed by atoms with Crippen molar-refractivity contribution < 1.29 is 4.74 Å². The van der Waals surface area contributed by atoms with Gasteiger partial charge in [0, 0.05) is 20.2 Å². The molecule has 1 saturated heterocycles. The zero-order chi connectivity index (χ0) is 12.7. The van der Waals surface area contributed by atoms with Gasteiger partial charge in [-0.25, -0.2) is 0 Å². The Hall–Kier alpha value is -0.120. The van der Waals surface area contributed by atoms with E-state index in [9.17, 15) is 0 Å². The lowest BCUT2D eigenvalue weighted by atomic mass is 9.89. The lowest BCUT2D eigenvalue weighted by molar-refractivity contribution is 0.0896. The van der Waals surface area contributed by atoms with E-state index in [2.05, 4.69) is 18.7 Å². The van der Waals surface area contributed by atoms with Crippen LogP contribution in [0.15, 0.2) is 0 Å². The summed E-state index contributed by atoms with van der Waals surface area (Å²) in [6, 6.07) is 0. The average molecular weight is 242 g/mol. The van der Waals surface area contributed by atoms with E-state index in [1.807, 2.05) is 0 Å². The maximum absolute atomic E-state index is 5.65. The molecule has 2 atom stereocenters. The molecule has 0 radical (unpaired) electrons. The molecule has 1 heterocycles. The summed E-state index contributed by atoms with van der Waals surface area (Å²) in [5.74, 6) is 1.76. The number of rotatable bonds is 6. The van der Waals surface area contributed by atoms with Crippen molar-refractivity contribution in [3.05, 3.63) is 0 Å². The second kappa shape index (κ2) is 8.06. The highest BCUT2D eigenvalue weighted by molar-refractivity contribution is 4.73. The Bertz CT molecular complexity index is 193. The van der Waals surface area contributed by atoms with E-state index >= 15 is 0 Å². The number of methoxy groups -OCH3 is 1. The van der Waals surface area contributed by atoms with Crippen molar-refractivity contribution in [2.45, 2.75) is 45.6 Å². The number of nitrogens with zero attached hydrogens (tertiary/aromatic N) is 1. The largest absolute Gasteiger partial charge is 0.380 e. The van der Waals surface area contributed by atoms with E-state index in [0.717, 1.165) is 24.8 Å². The van der Waals surface area contributed by atoms with Gasteiger partial charge in [-0.3, -0.25) is 0 Å². The normalized spacial score (nSPS) is 24.9. The second-order valence-corrected chi connectivity index (χ2v) is 5.66. The summed E-state index contributed by atoms with van der Waals surface area (Å²) in [6.45, 7) is 9.00. The molecule has 0 aromatic carbocycles. The van der Waals surface area contributed by atoms with Crippen LogP contribution in [0.4, 0.5) is 0 Å². The molecular formula is C14H30N2O. The molecule has 0 aromatic heterocycles. The number of likely N-dealkylation sites (tertiary alicyclic amines) is 1. The van der Waals surface area contributed by atoms with Crippen LogP contribution in [0.5, 0.6) is 0 Å². The monoisotopic (exact) mass is 242 g/mol. The van der Waals surface area contributed by atoms with Crippen molar-refractivity contribution in [2.75, 3.05) is 33.3 Å². The summed E-state index contributed by atoms with van der Waals surface area (Å²) in [5.41, 5.74) is 5.65. The minimum atomic E-state index is 0.235. The third-order valence-corrected chi connectivity index (χ3v) is 4.17. The van der Waals surface area contributed by atoms with Crippen molar-refractivity contribution in [1.82, 2.24) is 4.90 Å². The molecule has 0 bridgehead atoms. The average Bonchev–Trinajstić information content (AvgIpc) is 2.56. The van der Waals surface area contributed by atoms with Gasteiger partial charge in [0.2, 0.25) is 0 Å². The molecule has 2 N–H and O–H groups in total. The lowest BCUT2D eigenvalue weighted by Gasteiger charge is -2.23. The van der Waals surface area contributed by atoms with Crippen LogP contribution in [0.3, 0.4) is 0 Å². The van der Waals surface area contributed by atoms with E-state index in [0.29, 0.717) is 6.54 Å². The van der Waals surface area contributed by atoms with Gasteiger partial charge >= 0.3 is 0 Å². The van der Waals surface area contributed by atoms with Crippen LogP contribution < -0.4 is 5.73 Å². The first-order valence-corrected chi connectivity index (χ1v) is 7.12. The van der Waals surface area contributed by atoms with E-state index < -0.39 is 0 Å². The Morgan fingerprint density at radius 1 is 1.29 bits per heavy atom. The quantitative estimate of drug-likeness (QED) is 0.775. The molecule has 2 unspecified atom stereocenters. The zero-order valence-corrected chi connectivity index (χ0v) is 11.8. The highest BCUT2D eigenvalue weighted by atomic mass is 16.5. The van der Waals surface area contributed by atoms with Crippen molar-refractivity contribution in [1.29, 1.82) is 0 Å². The van der Waals surface area contributed by atoms with Gasteiger partial charge in [0.05, 0.1) is 6.10 Å². The number of hydrogen-bond acceptors (Lipinski definition) is 3. The van der Waals surface area contributed by atoms with Crippen LogP contribution in [0, 0.1) is 11.8 Å². The van der Waals surface area contributed by atoms with Crippen LogP contribution >= 0.6 is 0 Å². The molecule has 1 aliphatic heterocycles. The summed E-state index contributed by atoms with van der Waals surface area (Å²) in [5, 5.41) is 0. The van der Waals surface area contributed by atoms with E-state index in [4.69, 9.17) is 10.5 Å². The number of ether oxygens (including phenoxy) is 1. The highest BCUT2D eigenvalue weighted by Gasteiger charge is 2.19. The zero-order valence-electron chi connectivity index (χ0n) is 11.8. The smallest absolute Gasteiger partial charge is 0.0705 e. The molecule has 0 aliphatic carbocycles. The van der Waals surface area contributed by atoms with Crippen LogP contribution in [-0.2, 0) is 4.74 Å². The molecule has 0 saturated carbocycles.